The molecule has 1 radical (unpaired) electrons. The van der Waals surface area contributed by atoms with Crippen molar-refractivity contribution in [2.45, 2.75) is 117 Å². The molecule has 0 aliphatic carbocycles. The van der Waals surface area contributed by atoms with Gasteiger partial charge in [0.05, 0.1) is 6.10 Å². The van der Waals surface area contributed by atoms with E-state index in [0.29, 0.717) is 6.42 Å². The second kappa shape index (κ2) is 19.5. The first kappa shape index (κ1) is 24.7. The van der Waals surface area contributed by atoms with Crippen LogP contribution in [0.1, 0.15) is 111 Å². The number of esters is 1. The van der Waals surface area contributed by atoms with Crippen LogP contribution in [0.25, 0.3) is 0 Å². The number of carbonyl (C=O) groups is 1. The normalized spacial score (nSPS) is 10.5. The molecule has 0 aliphatic heterocycles. The molecule has 0 N–H and O–H groups in total. The van der Waals surface area contributed by atoms with Gasteiger partial charge < -0.3 is 4.74 Å². The van der Waals surface area contributed by atoms with Crippen molar-refractivity contribution in [3.63, 3.8) is 0 Å². The molecule has 0 bridgehead atoms. The molecule has 0 spiro atoms. The third-order valence-electron chi connectivity index (χ3n) is 3.85. The van der Waals surface area contributed by atoms with Gasteiger partial charge >= 0.3 is 5.97 Å². The molecule has 0 aliphatic rings. The second-order valence-corrected chi connectivity index (χ2v) is 6.53. The number of rotatable bonds is 15. The summed E-state index contributed by atoms with van der Waals surface area (Å²) in [4.78, 5) is 11.3. The van der Waals surface area contributed by atoms with Crippen molar-refractivity contribution in [3.8, 4) is 0 Å². The predicted molar refractivity (Wildman–Crippen MR) is 97.3 cm³/mol. The van der Waals surface area contributed by atoms with Gasteiger partial charge in [0.25, 0.3) is 0 Å². The van der Waals surface area contributed by atoms with Gasteiger partial charge in [0.15, 0.2) is 0 Å². The van der Waals surface area contributed by atoms with Crippen molar-refractivity contribution in [3.05, 3.63) is 0 Å². The van der Waals surface area contributed by atoms with Gasteiger partial charge in [-0.15, -0.1) is 0 Å². The molecule has 0 heterocycles. The van der Waals surface area contributed by atoms with Crippen LogP contribution >= 0.6 is 0 Å². The van der Waals surface area contributed by atoms with Crippen LogP contribution in [-0.2, 0) is 9.53 Å². The molecule has 0 rings (SSSR count). The fourth-order valence-electron chi connectivity index (χ4n) is 2.61. The Bertz CT molecular complexity index is 229. The van der Waals surface area contributed by atoms with Gasteiger partial charge in [0, 0.05) is 36.0 Å². The summed E-state index contributed by atoms with van der Waals surface area (Å²) in [5.41, 5.74) is 0. The van der Waals surface area contributed by atoms with Gasteiger partial charge in [-0.1, -0.05) is 84.0 Å². The molecule has 0 fully saturated rings. The summed E-state index contributed by atoms with van der Waals surface area (Å²) in [6.07, 6.45) is 18.0. The Morgan fingerprint density at radius 3 is 1.45 bits per heavy atom. The third-order valence-corrected chi connectivity index (χ3v) is 3.85. The Kier molecular flexibility index (Phi) is 21.9. The third kappa shape index (κ3) is 20.5. The van der Waals surface area contributed by atoms with E-state index in [1.807, 2.05) is 13.8 Å². The average Bonchev–Trinajstić information content (AvgIpc) is 2.43. The van der Waals surface area contributed by atoms with Crippen molar-refractivity contribution < 1.29 is 9.53 Å². The zero-order valence-corrected chi connectivity index (χ0v) is 17.8. The molecule has 0 saturated heterocycles. The summed E-state index contributed by atoms with van der Waals surface area (Å²) in [5, 5.41) is 0. The van der Waals surface area contributed by atoms with Crippen molar-refractivity contribution in [1.29, 1.82) is 0 Å². The van der Waals surface area contributed by atoms with Crippen LogP contribution in [0.2, 0.25) is 0 Å². The maximum Gasteiger partial charge on any atom is 0.306 e. The summed E-state index contributed by atoms with van der Waals surface area (Å²) in [6, 6.07) is 0. The minimum absolute atomic E-state index is 0. The quantitative estimate of drug-likeness (QED) is 0.209. The van der Waals surface area contributed by atoms with Crippen LogP contribution in [0.5, 0.6) is 0 Å². The maximum atomic E-state index is 11.3. The van der Waals surface area contributed by atoms with Gasteiger partial charge in [-0.25, -0.2) is 0 Å². The van der Waals surface area contributed by atoms with Crippen LogP contribution in [0.4, 0.5) is 0 Å². The fourth-order valence-corrected chi connectivity index (χ4v) is 2.61. The SMILES string of the molecule is CCCCCCCCCCCCCCCC(=O)OC(C)C.[Na]. The van der Waals surface area contributed by atoms with Gasteiger partial charge in [0.2, 0.25) is 0 Å². The van der Waals surface area contributed by atoms with Crippen molar-refractivity contribution in [2.24, 2.45) is 0 Å². The van der Waals surface area contributed by atoms with E-state index in [2.05, 4.69) is 6.92 Å². The van der Waals surface area contributed by atoms with Gasteiger partial charge in [-0.2, -0.15) is 0 Å². The number of hydrogen-bond acceptors (Lipinski definition) is 2. The van der Waals surface area contributed by atoms with Crippen LogP contribution in [0.3, 0.4) is 0 Å². The van der Waals surface area contributed by atoms with Crippen molar-refractivity contribution >= 4 is 35.5 Å². The first-order chi connectivity index (χ1) is 10.2. The van der Waals surface area contributed by atoms with E-state index in [4.69, 9.17) is 4.74 Å². The second-order valence-electron chi connectivity index (χ2n) is 6.53. The maximum absolute atomic E-state index is 11.3. The van der Waals surface area contributed by atoms with Crippen molar-refractivity contribution in [2.75, 3.05) is 0 Å². The number of carbonyl (C=O) groups excluding carboxylic acids is 1. The molecule has 22 heavy (non-hydrogen) atoms. The summed E-state index contributed by atoms with van der Waals surface area (Å²) < 4.78 is 5.12. The van der Waals surface area contributed by atoms with E-state index in [1.54, 1.807) is 0 Å². The Hall–Kier alpha value is 0.470. The zero-order chi connectivity index (χ0) is 15.8. The van der Waals surface area contributed by atoms with Gasteiger partial charge in [-0.05, 0) is 20.3 Å². The molecule has 0 amide bonds. The van der Waals surface area contributed by atoms with Crippen LogP contribution in [-0.4, -0.2) is 41.6 Å². The molecule has 0 aromatic carbocycles. The van der Waals surface area contributed by atoms with E-state index in [-0.39, 0.29) is 41.6 Å². The summed E-state index contributed by atoms with van der Waals surface area (Å²) in [7, 11) is 0. The first-order valence-electron chi connectivity index (χ1n) is 9.36. The molecule has 127 valence electrons. The van der Waals surface area contributed by atoms with Gasteiger partial charge in [0.1, 0.15) is 0 Å². The first-order valence-corrected chi connectivity index (χ1v) is 9.36. The smallest absolute Gasteiger partial charge is 0.306 e. The number of ether oxygens (including phenoxy) is 1. The average molecular weight is 322 g/mol. The fraction of sp³-hybridized carbons (Fsp3) is 0.947. The zero-order valence-electron chi connectivity index (χ0n) is 15.8. The van der Waals surface area contributed by atoms with Crippen LogP contribution < -0.4 is 0 Å². The molecule has 0 aromatic heterocycles. The minimum Gasteiger partial charge on any atom is -0.463 e. The van der Waals surface area contributed by atoms with E-state index < -0.39 is 0 Å². The molecule has 0 atom stereocenters. The van der Waals surface area contributed by atoms with E-state index in [0.717, 1.165) is 6.42 Å². The number of unbranched alkanes of at least 4 members (excludes halogenated alkanes) is 12. The largest absolute Gasteiger partial charge is 0.463 e. The van der Waals surface area contributed by atoms with E-state index >= 15 is 0 Å². The Labute approximate surface area is 161 Å². The van der Waals surface area contributed by atoms with E-state index in [9.17, 15) is 4.79 Å². The molecular weight excluding hydrogens is 283 g/mol. The monoisotopic (exact) mass is 321 g/mol. The van der Waals surface area contributed by atoms with Crippen molar-refractivity contribution in [1.82, 2.24) is 0 Å². The van der Waals surface area contributed by atoms with Gasteiger partial charge in [-0.3, -0.25) is 4.79 Å². The van der Waals surface area contributed by atoms with Crippen LogP contribution in [0.15, 0.2) is 0 Å². The predicted octanol–water partition coefficient (Wildman–Crippen LogP) is 6.04. The Balaban J connectivity index is 0. The topological polar surface area (TPSA) is 26.3 Å². The Morgan fingerprint density at radius 1 is 0.727 bits per heavy atom. The molecule has 2 nitrogen and oxygen atoms in total. The standard InChI is InChI=1S/C19H38O2.Na/c1-4-5-6-7-8-9-10-11-12-13-14-15-16-17-19(20)21-18(2)3;/h18H,4-17H2,1-3H3;. The summed E-state index contributed by atoms with van der Waals surface area (Å²) in [5.74, 6) is -0.0342. The Morgan fingerprint density at radius 2 is 1.09 bits per heavy atom. The number of hydrogen-bond donors (Lipinski definition) is 0. The molecule has 0 aromatic rings. The molecule has 3 heteroatoms. The molecular formula is C19H38NaO2. The molecule has 0 unspecified atom stereocenters. The van der Waals surface area contributed by atoms with Crippen LogP contribution in [0, 0.1) is 0 Å². The van der Waals surface area contributed by atoms with E-state index in [1.165, 1.54) is 77.0 Å². The molecule has 0 saturated carbocycles. The minimum atomic E-state index is -0.0342. The summed E-state index contributed by atoms with van der Waals surface area (Å²) in [6.45, 7) is 6.08. The summed E-state index contributed by atoms with van der Waals surface area (Å²) >= 11 is 0.